The van der Waals surface area contributed by atoms with Gasteiger partial charge in [0.05, 0.1) is 0 Å². The zero-order valence-electron chi connectivity index (χ0n) is 16.9. The summed E-state index contributed by atoms with van der Waals surface area (Å²) in [4.78, 5) is 37.1. The van der Waals surface area contributed by atoms with Gasteiger partial charge in [-0.25, -0.2) is 0 Å². The molecule has 2 rings (SSSR count). The highest BCUT2D eigenvalue weighted by molar-refractivity contribution is 6.04. The minimum absolute atomic E-state index is 0.000333. The first kappa shape index (κ1) is 21.9. The van der Waals surface area contributed by atoms with Gasteiger partial charge < -0.3 is 10.0 Å². The van der Waals surface area contributed by atoms with E-state index in [4.69, 9.17) is 5.11 Å². The Bertz CT molecular complexity index is 706. The molecule has 1 aromatic rings. The normalized spacial score (nSPS) is 19.3. The van der Waals surface area contributed by atoms with Crippen LogP contribution in [0.5, 0.6) is 0 Å². The highest BCUT2D eigenvalue weighted by atomic mass is 16.4. The van der Waals surface area contributed by atoms with E-state index >= 15 is 0 Å². The molecule has 28 heavy (non-hydrogen) atoms. The monoisotopic (exact) mass is 385 g/mol. The van der Waals surface area contributed by atoms with Gasteiger partial charge in [-0.05, 0) is 55.5 Å². The van der Waals surface area contributed by atoms with Gasteiger partial charge in [-0.2, -0.15) is 0 Å². The molecule has 1 fully saturated rings. The highest BCUT2D eigenvalue weighted by Crippen LogP contribution is 2.34. The first-order chi connectivity index (χ1) is 13.4. The summed E-state index contributed by atoms with van der Waals surface area (Å²) in [5, 5.41) is 8.65. The number of aliphatic carboxylic acids is 1. The second-order valence-electron chi connectivity index (χ2n) is 7.79. The van der Waals surface area contributed by atoms with E-state index in [2.05, 4.69) is 0 Å². The smallest absolute Gasteiger partial charge is 0.303 e. The summed E-state index contributed by atoms with van der Waals surface area (Å²) >= 11 is 0. The molecule has 5 nitrogen and oxygen atoms in total. The highest BCUT2D eigenvalue weighted by Gasteiger charge is 2.32. The zero-order chi connectivity index (χ0) is 20.5. The van der Waals surface area contributed by atoms with Gasteiger partial charge in [0.1, 0.15) is 5.78 Å². The molecule has 0 unspecified atom stereocenters. The molecule has 1 saturated carbocycles. The van der Waals surface area contributed by atoms with Crippen molar-refractivity contribution >= 4 is 23.2 Å². The lowest BCUT2D eigenvalue weighted by atomic mass is 9.89. The van der Waals surface area contributed by atoms with Crippen LogP contribution >= 0.6 is 0 Å². The van der Waals surface area contributed by atoms with Crippen LogP contribution in [-0.4, -0.2) is 36.7 Å². The third-order valence-corrected chi connectivity index (χ3v) is 5.47. The SMILES string of the molecule is CN(C)c1ccc(C(=O)C=C[C@@H]2CCC(=O)[C@H]2CCCCCCC(=O)O)cc1. The summed E-state index contributed by atoms with van der Waals surface area (Å²) in [5.41, 5.74) is 1.70. The fourth-order valence-corrected chi connectivity index (χ4v) is 3.76. The van der Waals surface area contributed by atoms with Crippen LogP contribution in [0, 0.1) is 11.8 Å². The van der Waals surface area contributed by atoms with E-state index < -0.39 is 5.97 Å². The van der Waals surface area contributed by atoms with Gasteiger partial charge in [-0.1, -0.05) is 25.3 Å². The third-order valence-electron chi connectivity index (χ3n) is 5.47. The van der Waals surface area contributed by atoms with E-state index in [1.807, 2.05) is 49.3 Å². The van der Waals surface area contributed by atoms with Crippen molar-refractivity contribution < 1.29 is 19.5 Å². The Balaban J connectivity index is 1.84. The van der Waals surface area contributed by atoms with Crippen LogP contribution in [0.1, 0.15) is 61.7 Å². The van der Waals surface area contributed by atoms with Crippen molar-refractivity contribution in [3.05, 3.63) is 42.0 Å². The number of unbranched alkanes of at least 4 members (excludes halogenated alkanes) is 3. The van der Waals surface area contributed by atoms with Crippen LogP contribution in [0.15, 0.2) is 36.4 Å². The molecule has 1 aliphatic rings. The van der Waals surface area contributed by atoms with Crippen LogP contribution in [0.4, 0.5) is 5.69 Å². The van der Waals surface area contributed by atoms with Crippen molar-refractivity contribution in [3.63, 3.8) is 0 Å². The molecule has 5 heteroatoms. The Morgan fingerprint density at radius 2 is 1.79 bits per heavy atom. The van der Waals surface area contributed by atoms with Crippen LogP contribution in [0.3, 0.4) is 0 Å². The standard InChI is InChI=1S/C23H31NO4/c1-24(2)19-13-9-18(10-14-19)21(25)15-11-17-12-16-22(26)20(17)7-5-3-4-6-8-23(27)28/h9-11,13-15,17,20H,3-8,12,16H2,1-2H3,(H,27,28)/t17-,20+/m1/s1. The van der Waals surface area contributed by atoms with E-state index in [0.717, 1.165) is 37.8 Å². The van der Waals surface area contributed by atoms with Crippen molar-refractivity contribution in [1.29, 1.82) is 0 Å². The molecule has 0 amide bonds. The lowest BCUT2D eigenvalue weighted by Crippen LogP contribution is -2.13. The fourth-order valence-electron chi connectivity index (χ4n) is 3.76. The number of allylic oxidation sites excluding steroid dienone is 2. The van der Waals surface area contributed by atoms with E-state index in [9.17, 15) is 14.4 Å². The van der Waals surface area contributed by atoms with E-state index in [1.165, 1.54) is 0 Å². The van der Waals surface area contributed by atoms with Crippen molar-refractivity contribution in [1.82, 2.24) is 0 Å². The molecule has 0 bridgehead atoms. The summed E-state index contributed by atoms with van der Waals surface area (Å²) in [6.07, 6.45) is 9.43. The number of hydrogen-bond acceptors (Lipinski definition) is 4. The van der Waals surface area contributed by atoms with Gasteiger partial charge in [0, 0.05) is 44.1 Å². The second-order valence-corrected chi connectivity index (χ2v) is 7.79. The second kappa shape index (κ2) is 10.8. The number of carboxylic acid groups (broad SMARTS) is 1. The van der Waals surface area contributed by atoms with Gasteiger partial charge in [-0.3, -0.25) is 14.4 Å². The Morgan fingerprint density at radius 1 is 1.11 bits per heavy atom. The van der Waals surface area contributed by atoms with E-state index in [0.29, 0.717) is 24.2 Å². The largest absolute Gasteiger partial charge is 0.481 e. The number of hydrogen-bond donors (Lipinski definition) is 1. The Labute approximate surface area is 167 Å². The molecule has 0 aliphatic heterocycles. The van der Waals surface area contributed by atoms with Crippen LogP contribution in [0.25, 0.3) is 0 Å². The average Bonchev–Trinajstić information content (AvgIpc) is 3.02. The topological polar surface area (TPSA) is 74.7 Å². The summed E-state index contributed by atoms with van der Waals surface area (Å²) in [7, 11) is 3.92. The van der Waals surface area contributed by atoms with Gasteiger partial charge in [0.15, 0.2) is 5.78 Å². The van der Waals surface area contributed by atoms with Crippen molar-refractivity contribution in [2.75, 3.05) is 19.0 Å². The van der Waals surface area contributed by atoms with Crippen LogP contribution < -0.4 is 4.90 Å². The molecule has 0 heterocycles. The van der Waals surface area contributed by atoms with Crippen LogP contribution in [0.2, 0.25) is 0 Å². The number of Topliss-reactive ketones (excluding diaryl/α,β-unsaturated/α-hetero) is 1. The summed E-state index contributed by atoms with van der Waals surface area (Å²) < 4.78 is 0. The van der Waals surface area contributed by atoms with E-state index in [1.54, 1.807) is 6.08 Å². The average molecular weight is 386 g/mol. The Hall–Kier alpha value is -2.43. The first-order valence-electron chi connectivity index (χ1n) is 10.1. The number of carbonyl (C=O) groups excluding carboxylic acids is 2. The quantitative estimate of drug-likeness (QED) is 0.344. The molecule has 0 saturated heterocycles. The molecule has 152 valence electrons. The molecule has 2 atom stereocenters. The first-order valence-corrected chi connectivity index (χ1v) is 10.1. The van der Waals surface area contributed by atoms with Crippen molar-refractivity contribution in [2.45, 2.75) is 51.4 Å². The fraction of sp³-hybridized carbons (Fsp3) is 0.522. The summed E-state index contributed by atoms with van der Waals surface area (Å²) in [6.45, 7) is 0. The predicted octanol–water partition coefficient (Wildman–Crippen LogP) is 4.51. The molecule has 1 aliphatic carbocycles. The molecular weight excluding hydrogens is 354 g/mol. The number of carbonyl (C=O) groups is 3. The maximum atomic E-state index is 12.4. The summed E-state index contributed by atoms with van der Waals surface area (Å²) in [5.74, 6) is -0.353. The molecular formula is C23H31NO4. The van der Waals surface area contributed by atoms with Crippen molar-refractivity contribution in [2.24, 2.45) is 11.8 Å². The van der Waals surface area contributed by atoms with Gasteiger partial charge in [0.25, 0.3) is 0 Å². The number of anilines is 1. The van der Waals surface area contributed by atoms with E-state index in [-0.39, 0.29) is 24.0 Å². The number of nitrogens with zero attached hydrogens (tertiary/aromatic N) is 1. The third kappa shape index (κ3) is 6.63. The summed E-state index contributed by atoms with van der Waals surface area (Å²) in [6, 6.07) is 7.51. The van der Waals surface area contributed by atoms with Gasteiger partial charge in [-0.15, -0.1) is 0 Å². The van der Waals surface area contributed by atoms with Gasteiger partial charge in [0.2, 0.25) is 0 Å². The molecule has 1 aromatic carbocycles. The Morgan fingerprint density at radius 3 is 2.43 bits per heavy atom. The number of carboxylic acids is 1. The van der Waals surface area contributed by atoms with Crippen molar-refractivity contribution in [3.8, 4) is 0 Å². The Kier molecular flexibility index (Phi) is 8.42. The minimum atomic E-state index is -0.753. The maximum Gasteiger partial charge on any atom is 0.303 e. The zero-order valence-corrected chi connectivity index (χ0v) is 16.9. The predicted molar refractivity (Wildman–Crippen MR) is 111 cm³/mol. The molecule has 1 N–H and O–H groups in total. The lowest BCUT2D eigenvalue weighted by Gasteiger charge is -2.15. The molecule has 0 radical (unpaired) electrons. The van der Waals surface area contributed by atoms with Crippen LogP contribution in [-0.2, 0) is 9.59 Å². The minimum Gasteiger partial charge on any atom is -0.481 e. The lowest BCUT2D eigenvalue weighted by molar-refractivity contribution is -0.137. The number of benzene rings is 1. The van der Waals surface area contributed by atoms with Gasteiger partial charge >= 0.3 is 5.97 Å². The number of ketones is 2. The molecule has 0 spiro atoms. The maximum absolute atomic E-state index is 12.4. The molecule has 0 aromatic heterocycles. The number of rotatable bonds is 11.